The summed E-state index contributed by atoms with van der Waals surface area (Å²) in [5, 5.41) is 12.0. The van der Waals surface area contributed by atoms with Crippen LogP contribution in [0.3, 0.4) is 0 Å². The standard InChI is InChI=1S/C16H19N3O/c17-11-12-3-1-4-13(9-12)16(20)18-14-6-8-19-7-2-5-15(19)10-14/h1,3-4,9,14-15H,2,5-8,10H2,(H,18,20). The van der Waals surface area contributed by atoms with E-state index in [1.807, 2.05) is 0 Å². The molecule has 4 nitrogen and oxygen atoms in total. The van der Waals surface area contributed by atoms with Crippen molar-refractivity contribution in [1.82, 2.24) is 10.2 Å². The Labute approximate surface area is 119 Å². The summed E-state index contributed by atoms with van der Waals surface area (Å²) < 4.78 is 0. The summed E-state index contributed by atoms with van der Waals surface area (Å²) in [5.41, 5.74) is 1.11. The molecule has 2 aliphatic heterocycles. The maximum atomic E-state index is 12.2. The molecule has 2 fully saturated rings. The topological polar surface area (TPSA) is 56.1 Å². The Kier molecular flexibility index (Phi) is 3.70. The van der Waals surface area contributed by atoms with Gasteiger partial charge >= 0.3 is 0 Å². The molecular formula is C16H19N3O. The number of fused-ring (bicyclic) bond motifs is 1. The van der Waals surface area contributed by atoms with E-state index in [2.05, 4.69) is 16.3 Å². The Morgan fingerprint density at radius 1 is 1.35 bits per heavy atom. The fourth-order valence-electron chi connectivity index (χ4n) is 3.35. The molecule has 0 aromatic heterocycles. The monoisotopic (exact) mass is 269 g/mol. The summed E-state index contributed by atoms with van der Waals surface area (Å²) in [6.45, 7) is 2.31. The Morgan fingerprint density at radius 2 is 2.25 bits per heavy atom. The van der Waals surface area contributed by atoms with Crippen LogP contribution in [0, 0.1) is 11.3 Å². The minimum atomic E-state index is -0.0569. The molecule has 104 valence electrons. The number of carbonyl (C=O) groups is 1. The van der Waals surface area contributed by atoms with Gasteiger partial charge in [-0.15, -0.1) is 0 Å². The van der Waals surface area contributed by atoms with E-state index < -0.39 is 0 Å². The zero-order valence-corrected chi connectivity index (χ0v) is 11.5. The number of amides is 1. The molecule has 0 saturated carbocycles. The van der Waals surface area contributed by atoms with Crippen molar-refractivity contribution in [2.45, 2.75) is 37.8 Å². The van der Waals surface area contributed by atoms with Gasteiger partial charge in [0.15, 0.2) is 0 Å². The van der Waals surface area contributed by atoms with Crippen LogP contribution in [0.5, 0.6) is 0 Å². The fourth-order valence-corrected chi connectivity index (χ4v) is 3.35. The molecule has 4 heteroatoms. The largest absolute Gasteiger partial charge is 0.349 e. The SMILES string of the molecule is N#Cc1cccc(C(=O)NC2CCN3CCCC3C2)c1. The van der Waals surface area contributed by atoms with Crippen molar-refractivity contribution < 1.29 is 4.79 Å². The second-order valence-electron chi connectivity index (χ2n) is 5.72. The molecule has 0 spiro atoms. The second-order valence-corrected chi connectivity index (χ2v) is 5.72. The van der Waals surface area contributed by atoms with E-state index in [0.29, 0.717) is 17.2 Å². The van der Waals surface area contributed by atoms with Crippen LogP contribution in [0.25, 0.3) is 0 Å². The van der Waals surface area contributed by atoms with Crippen molar-refractivity contribution in [3.63, 3.8) is 0 Å². The summed E-state index contributed by atoms with van der Waals surface area (Å²) in [6, 6.07) is 9.88. The molecular weight excluding hydrogens is 250 g/mol. The minimum Gasteiger partial charge on any atom is -0.349 e. The van der Waals surface area contributed by atoms with Gasteiger partial charge in [0.2, 0.25) is 0 Å². The molecule has 2 heterocycles. The average molecular weight is 269 g/mol. The average Bonchev–Trinajstić information content (AvgIpc) is 2.95. The van der Waals surface area contributed by atoms with Gasteiger partial charge in [0.1, 0.15) is 0 Å². The number of carbonyl (C=O) groups excluding carboxylic acids is 1. The molecule has 2 unspecified atom stereocenters. The minimum absolute atomic E-state index is 0.0569. The van der Waals surface area contributed by atoms with Gasteiger partial charge in [0.25, 0.3) is 5.91 Å². The third-order valence-electron chi connectivity index (χ3n) is 4.41. The first-order chi connectivity index (χ1) is 9.76. The van der Waals surface area contributed by atoms with E-state index in [1.54, 1.807) is 24.3 Å². The van der Waals surface area contributed by atoms with Crippen molar-refractivity contribution in [3.8, 4) is 6.07 Å². The van der Waals surface area contributed by atoms with Crippen molar-refractivity contribution in [3.05, 3.63) is 35.4 Å². The predicted octanol–water partition coefficient (Wildman–Crippen LogP) is 1.91. The highest BCUT2D eigenvalue weighted by atomic mass is 16.1. The summed E-state index contributed by atoms with van der Waals surface area (Å²) >= 11 is 0. The van der Waals surface area contributed by atoms with Crippen molar-refractivity contribution in [2.24, 2.45) is 0 Å². The molecule has 20 heavy (non-hydrogen) atoms. The van der Waals surface area contributed by atoms with E-state index in [0.717, 1.165) is 19.4 Å². The quantitative estimate of drug-likeness (QED) is 0.892. The highest BCUT2D eigenvalue weighted by molar-refractivity contribution is 5.94. The van der Waals surface area contributed by atoms with E-state index in [4.69, 9.17) is 5.26 Å². The van der Waals surface area contributed by atoms with Gasteiger partial charge in [0, 0.05) is 24.2 Å². The van der Waals surface area contributed by atoms with Crippen LogP contribution >= 0.6 is 0 Å². The molecule has 2 saturated heterocycles. The van der Waals surface area contributed by atoms with Crippen LogP contribution in [0.4, 0.5) is 0 Å². The number of piperidine rings is 1. The van der Waals surface area contributed by atoms with Crippen LogP contribution in [-0.4, -0.2) is 36.0 Å². The van der Waals surface area contributed by atoms with E-state index >= 15 is 0 Å². The van der Waals surface area contributed by atoms with Gasteiger partial charge in [-0.05, 0) is 50.4 Å². The Morgan fingerprint density at radius 3 is 3.10 bits per heavy atom. The molecule has 1 aromatic rings. The van der Waals surface area contributed by atoms with Gasteiger partial charge in [-0.3, -0.25) is 4.79 Å². The van der Waals surface area contributed by atoms with Gasteiger partial charge in [0.05, 0.1) is 11.6 Å². The molecule has 1 N–H and O–H groups in total. The Balaban J connectivity index is 1.62. The first-order valence-electron chi connectivity index (χ1n) is 7.31. The zero-order chi connectivity index (χ0) is 13.9. The molecule has 0 radical (unpaired) electrons. The highest BCUT2D eigenvalue weighted by Crippen LogP contribution is 2.26. The summed E-state index contributed by atoms with van der Waals surface area (Å²) in [7, 11) is 0. The zero-order valence-electron chi connectivity index (χ0n) is 11.5. The normalized spacial score (nSPS) is 25.8. The summed E-state index contributed by atoms with van der Waals surface area (Å²) in [6.07, 6.45) is 4.63. The fraction of sp³-hybridized carbons (Fsp3) is 0.500. The lowest BCUT2D eigenvalue weighted by atomic mass is 9.97. The number of hydrogen-bond donors (Lipinski definition) is 1. The summed E-state index contributed by atoms with van der Waals surface area (Å²) in [4.78, 5) is 14.8. The first-order valence-corrected chi connectivity index (χ1v) is 7.31. The molecule has 1 amide bonds. The smallest absolute Gasteiger partial charge is 0.251 e. The van der Waals surface area contributed by atoms with Crippen LogP contribution in [0.1, 0.15) is 41.6 Å². The molecule has 2 aliphatic rings. The predicted molar refractivity (Wildman–Crippen MR) is 76.2 cm³/mol. The number of nitrogens with zero attached hydrogens (tertiary/aromatic N) is 2. The van der Waals surface area contributed by atoms with Crippen LogP contribution in [0.15, 0.2) is 24.3 Å². The van der Waals surface area contributed by atoms with Crippen molar-refractivity contribution >= 4 is 5.91 Å². The second kappa shape index (κ2) is 5.64. The van der Waals surface area contributed by atoms with Crippen molar-refractivity contribution in [1.29, 1.82) is 5.26 Å². The van der Waals surface area contributed by atoms with Crippen LogP contribution < -0.4 is 5.32 Å². The summed E-state index contributed by atoms with van der Waals surface area (Å²) in [5.74, 6) is -0.0569. The van der Waals surface area contributed by atoms with E-state index in [-0.39, 0.29) is 11.9 Å². The van der Waals surface area contributed by atoms with E-state index in [1.165, 1.54) is 19.4 Å². The Hall–Kier alpha value is -1.86. The van der Waals surface area contributed by atoms with Gasteiger partial charge in [-0.1, -0.05) is 6.07 Å². The number of rotatable bonds is 2. The Bertz CT molecular complexity index is 549. The number of nitriles is 1. The van der Waals surface area contributed by atoms with Crippen LogP contribution in [0.2, 0.25) is 0 Å². The third kappa shape index (κ3) is 2.68. The maximum absolute atomic E-state index is 12.2. The highest BCUT2D eigenvalue weighted by Gasteiger charge is 2.32. The molecule has 2 atom stereocenters. The molecule has 0 bridgehead atoms. The van der Waals surface area contributed by atoms with Gasteiger partial charge in [-0.2, -0.15) is 5.26 Å². The lowest BCUT2D eigenvalue weighted by Crippen LogP contribution is -2.47. The lowest BCUT2D eigenvalue weighted by molar-refractivity contribution is 0.0896. The van der Waals surface area contributed by atoms with Gasteiger partial charge < -0.3 is 10.2 Å². The number of nitrogens with one attached hydrogen (secondary N) is 1. The lowest BCUT2D eigenvalue weighted by Gasteiger charge is -2.35. The van der Waals surface area contributed by atoms with E-state index in [9.17, 15) is 4.79 Å². The van der Waals surface area contributed by atoms with Crippen LogP contribution in [-0.2, 0) is 0 Å². The molecule has 3 rings (SSSR count). The first kappa shape index (κ1) is 13.1. The van der Waals surface area contributed by atoms with Gasteiger partial charge in [-0.25, -0.2) is 0 Å². The maximum Gasteiger partial charge on any atom is 0.251 e. The van der Waals surface area contributed by atoms with Crippen molar-refractivity contribution in [2.75, 3.05) is 13.1 Å². The number of benzene rings is 1. The number of hydrogen-bond acceptors (Lipinski definition) is 3. The third-order valence-corrected chi connectivity index (χ3v) is 4.41. The molecule has 0 aliphatic carbocycles. The molecule has 1 aromatic carbocycles.